The Balaban J connectivity index is 1.94. The summed E-state index contributed by atoms with van der Waals surface area (Å²) in [6, 6.07) is 16.8. The van der Waals surface area contributed by atoms with Crippen molar-refractivity contribution in [3.8, 4) is 0 Å². The van der Waals surface area contributed by atoms with Crippen LogP contribution in [0.25, 0.3) is 5.76 Å². The number of aliphatic hydroxyl groups is 1. The lowest BCUT2D eigenvalue weighted by Gasteiger charge is -2.26. The third-order valence-electron chi connectivity index (χ3n) is 5.61. The highest BCUT2D eigenvalue weighted by Gasteiger charge is 2.47. The summed E-state index contributed by atoms with van der Waals surface area (Å²) in [6.45, 7) is 3.72. The highest BCUT2D eigenvalue weighted by Crippen LogP contribution is 2.43. The van der Waals surface area contributed by atoms with E-state index in [4.69, 9.17) is 0 Å². The van der Waals surface area contributed by atoms with E-state index in [9.17, 15) is 27.9 Å². The SMILES string of the molecule is Cc1ccc(/C(O)=C2\C(=O)C(=O)N(c3cccc(C(F)(F)F)c3)[C@H]2c2ccc(C)cc2)cc1. The molecule has 1 fully saturated rings. The van der Waals surface area contributed by atoms with E-state index in [2.05, 4.69) is 0 Å². The van der Waals surface area contributed by atoms with Crippen molar-refractivity contribution in [2.75, 3.05) is 4.90 Å². The molecule has 3 aromatic rings. The molecule has 1 atom stereocenters. The van der Waals surface area contributed by atoms with Crippen molar-refractivity contribution >= 4 is 23.1 Å². The lowest BCUT2D eigenvalue weighted by Crippen LogP contribution is -2.29. The number of aryl methyl sites for hydroxylation is 2. The van der Waals surface area contributed by atoms with Gasteiger partial charge in [0, 0.05) is 11.3 Å². The van der Waals surface area contributed by atoms with E-state index in [1.165, 1.54) is 12.1 Å². The van der Waals surface area contributed by atoms with Gasteiger partial charge in [0.25, 0.3) is 11.7 Å². The van der Waals surface area contributed by atoms with Crippen LogP contribution in [-0.2, 0) is 15.8 Å². The van der Waals surface area contributed by atoms with Gasteiger partial charge in [0.05, 0.1) is 17.2 Å². The Bertz CT molecular complexity index is 1260. The minimum Gasteiger partial charge on any atom is -0.507 e. The van der Waals surface area contributed by atoms with Crippen LogP contribution >= 0.6 is 0 Å². The normalized spacial score (nSPS) is 18.1. The molecule has 0 aromatic heterocycles. The monoisotopic (exact) mass is 451 g/mol. The Morgan fingerprint density at radius 1 is 0.879 bits per heavy atom. The second kappa shape index (κ2) is 8.24. The number of ketones is 1. The summed E-state index contributed by atoms with van der Waals surface area (Å²) in [5.41, 5.74) is 1.48. The van der Waals surface area contributed by atoms with Gasteiger partial charge in [-0.25, -0.2) is 0 Å². The smallest absolute Gasteiger partial charge is 0.416 e. The number of Topliss-reactive ketones (excluding diaryl/α,β-unsaturated/α-hetero) is 1. The van der Waals surface area contributed by atoms with E-state index in [0.29, 0.717) is 11.1 Å². The molecular weight excluding hydrogens is 431 g/mol. The predicted molar refractivity (Wildman–Crippen MR) is 119 cm³/mol. The van der Waals surface area contributed by atoms with Crippen molar-refractivity contribution in [2.45, 2.75) is 26.1 Å². The van der Waals surface area contributed by atoms with Gasteiger partial charge in [0.15, 0.2) is 0 Å². The van der Waals surface area contributed by atoms with Crippen LogP contribution in [-0.4, -0.2) is 16.8 Å². The first kappa shape index (κ1) is 22.3. The number of aliphatic hydroxyl groups excluding tert-OH is 1. The average molecular weight is 451 g/mol. The highest BCUT2D eigenvalue weighted by molar-refractivity contribution is 6.51. The quantitative estimate of drug-likeness (QED) is 0.304. The minimum absolute atomic E-state index is 0.0829. The number of benzene rings is 3. The molecule has 1 N–H and O–H groups in total. The maximum absolute atomic E-state index is 13.3. The van der Waals surface area contributed by atoms with E-state index in [-0.39, 0.29) is 17.0 Å². The van der Waals surface area contributed by atoms with Gasteiger partial charge in [-0.2, -0.15) is 13.2 Å². The maximum Gasteiger partial charge on any atom is 0.416 e. The van der Waals surface area contributed by atoms with Crippen LogP contribution in [0.5, 0.6) is 0 Å². The molecule has 1 amide bonds. The molecule has 33 heavy (non-hydrogen) atoms. The molecule has 0 spiro atoms. The topological polar surface area (TPSA) is 57.6 Å². The highest BCUT2D eigenvalue weighted by atomic mass is 19.4. The van der Waals surface area contributed by atoms with Gasteiger partial charge in [-0.15, -0.1) is 0 Å². The van der Waals surface area contributed by atoms with Gasteiger partial charge in [-0.1, -0.05) is 65.7 Å². The third kappa shape index (κ3) is 4.14. The number of carbonyl (C=O) groups is 2. The van der Waals surface area contributed by atoms with Crippen LogP contribution in [0, 0.1) is 13.8 Å². The fourth-order valence-electron chi connectivity index (χ4n) is 3.86. The number of rotatable bonds is 3. The number of alkyl halides is 3. The summed E-state index contributed by atoms with van der Waals surface area (Å²) in [7, 11) is 0. The fourth-order valence-corrected chi connectivity index (χ4v) is 3.86. The molecular formula is C26H20F3NO3. The molecule has 7 heteroatoms. The van der Waals surface area contributed by atoms with Crippen molar-refractivity contribution < 1.29 is 27.9 Å². The number of amides is 1. The van der Waals surface area contributed by atoms with Gasteiger partial charge < -0.3 is 5.11 Å². The largest absolute Gasteiger partial charge is 0.507 e. The molecule has 1 aliphatic rings. The number of hydrogen-bond donors (Lipinski definition) is 1. The van der Waals surface area contributed by atoms with Crippen molar-refractivity contribution in [1.29, 1.82) is 0 Å². The Hall–Kier alpha value is -3.87. The first-order chi connectivity index (χ1) is 15.6. The first-order valence-corrected chi connectivity index (χ1v) is 10.2. The molecule has 3 aromatic carbocycles. The summed E-state index contributed by atoms with van der Waals surface area (Å²) >= 11 is 0. The molecule has 168 valence electrons. The predicted octanol–water partition coefficient (Wildman–Crippen LogP) is 5.95. The molecule has 0 aliphatic carbocycles. The molecule has 0 bridgehead atoms. The van der Waals surface area contributed by atoms with Crippen LogP contribution in [0.1, 0.15) is 33.9 Å². The van der Waals surface area contributed by atoms with Crippen LogP contribution in [0.4, 0.5) is 18.9 Å². The minimum atomic E-state index is -4.62. The van der Waals surface area contributed by atoms with E-state index in [0.717, 1.165) is 28.2 Å². The number of halogens is 3. The molecule has 1 heterocycles. The number of nitrogens with zero attached hydrogens (tertiary/aromatic N) is 1. The van der Waals surface area contributed by atoms with Gasteiger partial charge in [-0.3, -0.25) is 14.5 Å². The van der Waals surface area contributed by atoms with E-state index in [1.807, 2.05) is 13.8 Å². The third-order valence-corrected chi connectivity index (χ3v) is 5.61. The Morgan fingerprint density at radius 2 is 1.45 bits per heavy atom. The van der Waals surface area contributed by atoms with Gasteiger partial charge in [0.1, 0.15) is 5.76 Å². The summed E-state index contributed by atoms with van der Waals surface area (Å²) in [5, 5.41) is 11.0. The van der Waals surface area contributed by atoms with Crippen LogP contribution in [0.2, 0.25) is 0 Å². The average Bonchev–Trinajstić information content (AvgIpc) is 3.04. The summed E-state index contributed by atoms with van der Waals surface area (Å²) in [6.07, 6.45) is -4.62. The van der Waals surface area contributed by atoms with Crippen molar-refractivity contribution in [3.63, 3.8) is 0 Å². The van der Waals surface area contributed by atoms with Crippen molar-refractivity contribution in [3.05, 3.63) is 106 Å². The Morgan fingerprint density at radius 3 is 2.03 bits per heavy atom. The lowest BCUT2D eigenvalue weighted by atomic mass is 9.94. The Kier molecular flexibility index (Phi) is 5.57. The second-order valence-electron chi connectivity index (χ2n) is 7.99. The summed E-state index contributed by atoms with van der Waals surface area (Å²) < 4.78 is 40.0. The van der Waals surface area contributed by atoms with E-state index < -0.39 is 29.5 Å². The lowest BCUT2D eigenvalue weighted by molar-refractivity contribution is -0.137. The molecule has 1 saturated heterocycles. The molecule has 4 nitrogen and oxygen atoms in total. The molecule has 0 saturated carbocycles. The molecule has 0 unspecified atom stereocenters. The fraction of sp³-hybridized carbons (Fsp3) is 0.154. The number of anilines is 1. The van der Waals surface area contributed by atoms with E-state index >= 15 is 0 Å². The van der Waals surface area contributed by atoms with Crippen LogP contribution < -0.4 is 4.90 Å². The maximum atomic E-state index is 13.3. The van der Waals surface area contributed by atoms with Crippen LogP contribution in [0.15, 0.2) is 78.4 Å². The van der Waals surface area contributed by atoms with Gasteiger partial charge in [0.2, 0.25) is 0 Å². The zero-order valence-corrected chi connectivity index (χ0v) is 17.9. The number of hydrogen-bond acceptors (Lipinski definition) is 3. The summed E-state index contributed by atoms with van der Waals surface area (Å²) in [5.74, 6) is -2.35. The van der Waals surface area contributed by atoms with Gasteiger partial charge >= 0.3 is 6.18 Å². The molecule has 0 radical (unpaired) electrons. The zero-order chi connectivity index (χ0) is 23.9. The zero-order valence-electron chi connectivity index (χ0n) is 17.9. The Labute approximate surface area is 188 Å². The van der Waals surface area contributed by atoms with Crippen LogP contribution in [0.3, 0.4) is 0 Å². The molecule has 1 aliphatic heterocycles. The van der Waals surface area contributed by atoms with Crippen molar-refractivity contribution in [2.24, 2.45) is 0 Å². The molecule has 4 rings (SSSR count). The van der Waals surface area contributed by atoms with E-state index in [1.54, 1.807) is 48.5 Å². The summed E-state index contributed by atoms with van der Waals surface area (Å²) in [4.78, 5) is 27.2. The van der Waals surface area contributed by atoms with Crippen molar-refractivity contribution in [1.82, 2.24) is 0 Å². The first-order valence-electron chi connectivity index (χ1n) is 10.2. The second-order valence-corrected chi connectivity index (χ2v) is 7.99. The standard InChI is InChI=1S/C26H20F3NO3/c1-15-6-10-17(11-7-15)22-21(23(31)18-12-8-16(2)9-13-18)24(32)25(33)30(22)20-5-3-4-19(14-20)26(27,28)29/h3-14,22,31H,1-2H3/b23-21+/t22-/m0/s1. The van der Waals surface area contributed by atoms with Gasteiger partial charge in [-0.05, 0) is 37.6 Å². The number of carbonyl (C=O) groups excluding carboxylic acids is 2.